The van der Waals surface area contributed by atoms with Crippen LogP contribution in [0.15, 0.2) is 18.2 Å². The Bertz CT molecular complexity index is 578. The number of carbonyl (C=O) groups excluding carboxylic acids is 1. The lowest BCUT2D eigenvalue weighted by Gasteiger charge is -2.32. The van der Waals surface area contributed by atoms with Crippen molar-refractivity contribution >= 4 is 29.0 Å². The van der Waals surface area contributed by atoms with E-state index in [0.717, 1.165) is 24.8 Å². The maximum atomic E-state index is 12.8. The summed E-state index contributed by atoms with van der Waals surface area (Å²) in [5.74, 6) is 1.03. The van der Waals surface area contributed by atoms with Gasteiger partial charge in [-0.25, -0.2) is 0 Å². The van der Waals surface area contributed by atoms with Crippen LogP contribution in [-0.2, 0) is 11.2 Å². The number of rotatable bonds is 2. The Hall–Kier alpha value is -0.530. The summed E-state index contributed by atoms with van der Waals surface area (Å²) in [6.07, 6.45) is 2.94. The molecule has 2 saturated carbocycles. The van der Waals surface area contributed by atoms with E-state index in [9.17, 15) is 4.79 Å². The first-order valence-electron chi connectivity index (χ1n) is 7.25. The first kappa shape index (κ1) is 14.4. The van der Waals surface area contributed by atoms with Gasteiger partial charge in [0.05, 0.1) is 0 Å². The molecule has 0 radical (unpaired) electrons. The largest absolute Gasteiger partial charge is 0.299 e. The van der Waals surface area contributed by atoms with Crippen molar-refractivity contribution in [1.29, 1.82) is 0 Å². The summed E-state index contributed by atoms with van der Waals surface area (Å²) in [7, 11) is 0. The maximum Gasteiger partial charge on any atom is 0.142 e. The van der Waals surface area contributed by atoms with E-state index in [1.807, 2.05) is 12.1 Å². The molecule has 0 saturated heterocycles. The number of fused-ring (bicyclic) bond motifs is 2. The molecule has 0 amide bonds. The summed E-state index contributed by atoms with van der Waals surface area (Å²) in [5.41, 5.74) is 0.996. The van der Waals surface area contributed by atoms with Crippen LogP contribution in [0.5, 0.6) is 0 Å². The van der Waals surface area contributed by atoms with Gasteiger partial charge in [-0.05, 0) is 48.3 Å². The SMILES string of the molecule is CC1(C)[C@@H]2CC[C@@]1(C)C(=O)[C@H]2Cc1ccc(Cl)cc1Cl. The molecule has 20 heavy (non-hydrogen) atoms. The van der Waals surface area contributed by atoms with Crippen LogP contribution in [0.4, 0.5) is 0 Å². The molecule has 2 aliphatic rings. The van der Waals surface area contributed by atoms with Gasteiger partial charge in [-0.2, -0.15) is 0 Å². The molecule has 3 atom stereocenters. The molecule has 0 aromatic heterocycles. The molecular weight excluding hydrogens is 291 g/mol. The average Bonchev–Trinajstić information content (AvgIpc) is 2.67. The number of hydrogen-bond donors (Lipinski definition) is 0. The molecule has 3 rings (SSSR count). The van der Waals surface area contributed by atoms with E-state index in [0.29, 0.717) is 21.7 Å². The van der Waals surface area contributed by atoms with Gasteiger partial charge in [0.1, 0.15) is 5.78 Å². The number of halogens is 2. The Labute approximate surface area is 130 Å². The van der Waals surface area contributed by atoms with E-state index in [1.54, 1.807) is 6.07 Å². The van der Waals surface area contributed by atoms with E-state index >= 15 is 0 Å². The number of carbonyl (C=O) groups is 1. The van der Waals surface area contributed by atoms with Crippen molar-refractivity contribution in [2.75, 3.05) is 0 Å². The molecule has 1 nitrogen and oxygen atoms in total. The van der Waals surface area contributed by atoms with Crippen LogP contribution in [0.3, 0.4) is 0 Å². The highest BCUT2D eigenvalue weighted by Gasteiger charge is 2.65. The minimum absolute atomic E-state index is 0.105. The standard InChI is InChI=1S/C17H20Cl2O/c1-16(2)13-6-7-17(16,3)15(20)12(13)8-10-4-5-11(18)9-14(10)19/h4-5,9,12-13H,6-8H2,1-3H3/t12-,13+,17-/m0/s1. The van der Waals surface area contributed by atoms with E-state index in [1.165, 1.54) is 0 Å². The smallest absolute Gasteiger partial charge is 0.142 e. The number of Topliss-reactive ketones (excluding diaryl/α,β-unsaturated/α-hetero) is 1. The lowest BCUT2D eigenvalue weighted by atomic mass is 9.70. The predicted octanol–water partition coefficient (Wildman–Crippen LogP) is 5.18. The molecule has 108 valence electrons. The van der Waals surface area contributed by atoms with Gasteiger partial charge >= 0.3 is 0 Å². The molecule has 2 aliphatic carbocycles. The molecular formula is C17H20Cl2O. The lowest BCUT2D eigenvalue weighted by molar-refractivity contribution is -0.131. The number of hydrogen-bond acceptors (Lipinski definition) is 1. The molecule has 2 bridgehead atoms. The van der Waals surface area contributed by atoms with Crippen LogP contribution in [0.25, 0.3) is 0 Å². The fraction of sp³-hybridized carbons (Fsp3) is 0.588. The quantitative estimate of drug-likeness (QED) is 0.735. The van der Waals surface area contributed by atoms with Gasteiger partial charge in [0.2, 0.25) is 0 Å². The van der Waals surface area contributed by atoms with Crippen molar-refractivity contribution < 1.29 is 4.79 Å². The zero-order valence-corrected chi connectivity index (χ0v) is 13.7. The zero-order chi connectivity index (χ0) is 14.7. The van der Waals surface area contributed by atoms with Crippen LogP contribution in [0.2, 0.25) is 10.0 Å². The van der Waals surface area contributed by atoms with Crippen LogP contribution >= 0.6 is 23.2 Å². The minimum atomic E-state index is -0.152. The highest BCUT2D eigenvalue weighted by atomic mass is 35.5. The fourth-order valence-corrected chi connectivity index (χ4v) is 4.92. The van der Waals surface area contributed by atoms with Gasteiger partial charge < -0.3 is 0 Å². The molecule has 1 aromatic rings. The normalized spacial score (nSPS) is 34.8. The van der Waals surface area contributed by atoms with Crippen molar-refractivity contribution in [3.05, 3.63) is 33.8 Å². The Balaban J connectivity index is 1.92. The van der Waals surface area contributed by atoms with Gasteiger partial charge in [-0.15, -0.1) is 0 Å². The highest BCUT2D eigenvalue weighted by Crippen LogP contribution is 2.66. The summed E-state index contributed by atoms with van der Waals surface area (Å²) in [6, 6.07) is 5.58. The topological polar surface area (TPSA) is 17.1 Å². The maximum absolute atomic E-state index is 12.8. The fourth-order valence-electron chi connectivity index (χ4n) is 4.43. The number of ketones is 1. The van der Waals surface area contributed by atoms with Gasteiger partial charge in [0, 0.05) is 21.4 Å². The van der Waals surface area contributed by atoms with Crippen LogP contribution in [0, 0.1) is 22.7 Å². The lowest BCUT2D eigenvalue weighted by Crippen LogP contribution is -2.33. The van der Waals surface area contributed by atoms with Gasteiger partial charge in [0.25, 0.3) is 0 Å². The van der Waals surface area contributed by atoms with E-state index in [-0.39, 0.29) is 16.7 Å². The summed E-state index contributed by atoms with van der Waals surface area (Å²) < 4.78 is 0. The monoisotopic (exact) mass is 310 g/mol. The average molecular weight is 311 g/mol. The van der Waals surface area contributed by atoms with Crippen molar-refractivity contribution in [2.24, 2.45) is 22.7 Å². The predicted molar refractivity (Wildman–Crippen MR) is 83.3 cm³/mol. The van der Waals surface area contributed by atoms with Gasteiger partial charge in [0.15, 0.2) is 0 Å². The zero-order valence-electron chi connectivity index (χ0n) is 12.2. The Kier molecular flexibility index (Phi) is 3.23. The summed E-state index contributed by atoms with van der Waals surface area (Å²) in [6.45, 7) is 6.66. The Morgan fingerprint density at radius 1 is 1.25 bits per heavy atom. The molecule has 0 heterocycles. The molecule has 3 heteroatoms. The van der Waals surface area contributed by atoms with E-state index in [2.05, 4.69) is 20.8 Å². The number of benzene rings is 1. The van der Waals surface area contributed by atoms with Crippen LogP contribution < -0.4 is 0 Å². The van der Waals surface area contributed by atoms with E-state index < -0.39 is 0 Å². The molecule has 2 fully saturated rings. The van der Waals surface area contributed by atoms with Crippen LogP contribution in [0.1, 0.15) is 39.2 Å². The first-order valence-corrected chi connectivity index (χ1v) is 8.01. The summed E-state index contributed by atoms with van der Waals surface area (Å²) >= 11 is 12.2. The second-order valence-electron chi connectivity index (χ2n) is 7.11. The Morgan fingerprint density at radius 3 is 2.50 bits per heavy atom. The summed E-state index contributed by atoms with van der Waals surface area (Å²) in [5, 5.41) is 1.32. The molecule has 0 aliphatic heterocycles. The second-order valence-corrected chi connectivity index (χ2v) is 7.95. The molecule has 1 aromatic carbocycles. The third-order valence-corrected chi connectivity index (χ3v) is 6.71. The highest BCUT2D eigenvalue weighted by molar-refractivity contribution is 6.35. The van der Waals surface area contributed by atoms with Crippen molar-refractivity contribution in [2.45, 2.75) is 40.0 Å². The van der Waals surface area contributed by atoms with Gasteiger partial charge in [-0.3, -0.25) is 4.79 Å². The summed E-state index contributed by atoms with van der Waals surface area (Å²) in [4.78, 5) is 12.8. The molecule has 0 N–H and O–H groups in total. The second kappa shape index (κ2) is 4.48. The van der Waals surface area contributed by atoms with E-state index in [4.69, 9.17) is 23.2 Å². The third-order valence-electron chi connectivity index (χ3n) is 6.13. The Morgan fingerprint density at radius 2 is 1.95 bits per heavy atom. The van der Waals surface area contributed by atoms with Crippen molar-refractivity contribution in [3.63, 3.8) is 0 Å². The first-order chi connectivity index (χ1) is 9.27. The molecule has 0 unspecified atom stereocenters. The van der Waals surface area contributed by atoms with Crippen LogP contribution in [-0.4, -0.2) is 5.78 Å². The third kappa shape index (κ3) is 1.79. The van der Waals surface area contributed by atoms with Crippen molar-refractivity contribution in [3.8, 4) is 0 Å². The molecule has 0 spiro atoms. The van der Waals surface area contributed by atoms with Crippen molar-refractivity contribution in [1.82, 2.24) is 0 Å². The van der Waals surface area contributed by atoms with Gasteiger partial charge in [-0.1, -0.05) is 50.0 Å². The minimum Gasteiger partial charge on any atom is -0.299 e.